The number of ether oxygens (including phenoxy) is 3. The molecule has 10 nitrogen and oxygen atoms in total. The number of amides is 3. The zero-order chi connectivity index (χ0) is 27.9. The third kappa shape index (κ3) is 6.42. The molecule has 11 heteroatoms. The molecule has 0 saturated carbocycles. The van der Waals surface area contributed by atoms with Crippen molar-refractivity contribution in [2.24, 2.45) is 0 Å². The molecule has 0 bridgehead atoms. The van der Waals surface area contributed by atoms with Crippen LogP contribution in [0.15, 0.2) is 66.7 Å². The average Bonchev–Trinajstić information content (AvgIpc) is 3.30. The molecule has 1 heterocycles. The molecule has 3 amide bonds. The Bertz CT molecular complexity index is 1520. The molecule has 202 valence electrons. The summed E-state index contributed by atoms with van der Waals surface area (Å²) in [5.74, 6) is -0.486. The van der Waals surface area contributed by atoms with Crippen molar-refractivity contribution in [3.63, 3.8) is 0 Å². The summed E-state index contributed by atoms with van der Waals surface area (Å²) in [5, 5.41) is 6.44. The average molecular weight is 551 g/mol. The van der Waals surface area contributed by atoms with Gasteiger partial charge in [-0.05, 0) is 72.6 Å². The van der Waals surface area contributed by atoms with Gasteiger partial charge < -0.3 is 24.8 Å². The molecule has 0 saturated heterocycles. The van der Waals surface area contributed by atoms with Crippen LogP contribution in [0.3, 0.4) is 0 Å². The summed E-state index contributed by atoms with van der Waals surface area (Å²) in [7, 11) is 4.64. The van der Waals surface area contributed by atoms with E-state index in [1.807, 2.05) is 6.07 Å². The van der Waals surface area contributed by atoms with E-state index in [4.69, 9.17) is 25.8 Å². The molecule has 0 aliphatic rings. The Kier molecular flexibility index (Phi) is 8.57. The van der Waals surface area contributed by atoms with Crippen LogP contribution in [0, 0.1) is 0 Å². The minimum Gasteiger partial charge on any atom is -0.497 e. The Balaban J connectivity index is 1.47. The number of carbonyl (C=O) groups is 3. The van der Waals surface area contributed by atoms with Gasteiger partial charge in [-0.2, -0.15) is 0 Å². The second-order valence-electron chi connectivity index (χ2n) is 8.39. The maximum absolute atomic E-state index is 13.2. The van der Waals surface area contributed by atoms with Gasteiger partial charge in [0, 0.05) is 22.6 Å². The fourth-order valence-corrected chi connectivity index (χ4v) is 4.11. The van der Waals surface area contributed by atoms with Crippen LogP contribution in [0.25, 0.3) is 10.9 Å². The number of anilines is 1. The monoisotopic (exact) mass is 550 g/mol. The van der Waals surface area contributed by atoms with Crippen molar-refractivity contribution < 1.29 is 28.6 Å². The van der Waals surface area contributed by atoms with Gasteiger partial charge in [-0.25, -0.2) is 4.68 Å². The van der Waals surface area contributed by atoms with Crippen LogP contribution >= 0.6 is 11.6 Å². The van der Waals surface area contributed by atoms with Crippen molar-refractivity contribution in [1.29, 1.82) is 0 Å². The van der Waals surface area contributed by atoms with Gasteiger partial charge >= 0.3 is 11.8 Å². The van der Waals surface area contributed by atoms with Crippen molar-refractivity contribution in [2.75, 3.05) is 38.6 Å². The van der Waals surface area contributed by atoms with E-state index in [0.29, 0.717) is 45.3 Å². The van der Waals surface area contributed by atoms with Crippen LogP contribution in [-0.2, 0) is 16.0 Å². The molecule has 3 N–H and O–H groups in total. The zero-order valence-electron chi connectivity index (χ0n) is 21.5. The van der Waals surface area contributed by atoms with Crippen molar-refractivity contribution in [3.8, 4) is 17.2 Å². The number of nitrogens with zero attached hydrogens (tertiary/aromatic N) is 1. The molecule has 0 aliphatic heterocycles. The Hall–Kier alpha value is -4.70. The number of nitrogens with one attached hydrogen (secondary N) is 3. The van der Waals surface area contributed by atoms with E-state index in [2.05, 4.69) is 16.1 Å². The van der Waals surface area contributed by atoms with Crippen LogP contribution in [-0.4, -0.2) is 50.3 Å². The number of fused-ring (bicyclic) bond motifs is 1. The molecule has 0 aliphatic carbocycles. The second-order valence-corrected chi connectivity index (χ2v) is 8.82. The fraction of sp³-hybridized carbons (Fsp3) is 0.179. The van der Waals surface area contributed by atoms with Gasteiger partial charge in [0.15, 0.2) is 11.5 Å². The van der Waals surface area contributed by atoms with E-state index in [1.54, 1.807) is 74.9 Å². The number of hydrogen-bond acceptors (Lipinski definition) is 6. The minimum absolute atomic E-state index is 0.106. The maximum atomic E-state index is 13.2. The lowest BCUT2D eigenvalue weighted by Gasteiger charge is -2.13. The number of hydrogen-bond donors (Lipinski definition) is 3. The summed E-state index contributed by atoms with van der Waals surface area (Å²) in [6.07, 6.45) is 0.458. The quantitative estimate of drug-likeness (QED) is 0.271. The molecule has 0 unspecified atom stereocenters. The van der Waals surface area contributed by atoms with Crippen LogP contribution in [0.5, 0.6) is 17.2 Å². The van der Waals surface area contributed by atoms with Crippen molar-refractivity contribution in [2.45, 2.75) is 6.42 Å². The first-order valence-corrected chi connectivity index (χ1v) is 12.3. The molecule has 39 heavy (non-hydrogen) atoms. The van der Waals surface area contributed by atoms with Gasteiger partial charge in [0.25, 0.3) is 5.91 Å². The fourth-order valence-electron chi connectivity index (χ4n) is 3.93. The standard InChI is InChI=1S/C28H27ClN4O6/c1-37-21-8-6-20(7-9-21)31-26(34)23-16-18-15-19(29)5-10-22(18)33(23)32-28(36)27(35)30-13-12-17-4-11-24(38-2)25(14-17)39-3/h4-11,14-16H,12-13H2,1-3H3,(H,30,35)(H,31,34)(H,32,36). The molecular formula is C28H27ClN4O6. The predicted molar refractivity (Wildman–Crippen MR) is 149 cm³/mol. The number of rotatable bonds is 9. The highest BCUT2D eigenvalue weighted by Gasteiger charge is 2.21. The van der Waals surface area contributed by atoms with Gasteiger partial charge in [-0.15, -0.1) is 0 Å². The lowest BCUT2D eigenvalue weighted by molar-refractivity contribution is -0.136. The summed E-state index contributed by atoms with van der Waals surface area (Å²) in [6, 6.07) is 18.7. The first-order chi connectivity index (χ1) is 18.8. The SMILES string of the molecule is COc1ccc(NC(=O)c2cc3cc(Cl)ccc3n2NC(=O)C(=O)NCCc2ccc(OC)c(OC)c2)cc1. The van der Waals surface area contributed by atoms with E-state index in [1.165, 1.54) is 11.8 Å². The Labute approximate surface area is 229 Å². The second kappa shape index (κ2) is 12.2. The molecule has 0 fully saturated rings. The van der Waals surface area contributed by atoms with Crippen molar-refractivity contribution in [1.82, 2.24) is 9.99 Å². The number of carbonyl (C=O) groups excluding carboxylic acids is 3. The summed E-state index contributed by atoms with van der Waals surface area (Å²) in [5.41, 5.74) is 4.53. The highest BCUT2D eigenvalue weighted by molar-refractivity contribution is 6.38. The number of methoxy groups -OCH3 is 3. The molecule has 4 rings (SSSR count). The Morgan fingerprint density at radius 3 is 2.26 bits per heavy atom. The topological polar surface area (TPSA) is 120 Å². The molecule has 0 radical (unpaired) electrons. The van der Waals surface area contributed by atoms with E-state index >= 15 is 0 Å². The van der Waals surface area contributed by atoms with E-state index in [9.17, 15) is 14.4 Å². The van der Waals surface area contributed by atoms with Gasteiger partial charge in [0.1, 0.15) is 11.4 Å². The largest absolute Gasteiger partial charge is 0.497 e. The van der Waals surface area contributed by atoms with E-state index in [-0.39, 0.29) is 12.2 Å². The molecule has 0 spiro atoms. The number of halogens is 1. The highest BCUT2D eigenvalue weighted by Crippen LogP contribution is 2.28. The summed E-state index contributed by atoms with van der Waals surface area (Å²) in [4.78, 5) is 38.5. The third-order valence-corrected chi connectivity index (χ3v) is 6.15. The van der Waals surface area contributed by atoms with Crippen LogP contribution < -0.4 is 30.3 Å². The van der Waals surface area contributed by atoms with E-state index < -0.39 is 17.7 Å². The molecule has 3 aromatic carbocycles. The number of benzene rings is 3. The lowest BCUT2D eigenvalue weighted by atomic mass is 10.1. The van der Waals surface area contributed by atoms with Gasteiger partial charge in [0.05, 0.1) is 26.8 Å². The predicted octanol–water partition coefficient (Wildman–Crippen LogP) is 4.00. The first-order valence-electron chi connectivity index (χ1n) is 11.9. The smallest absolute Gasteiger partial charge is 0.328 e. The van der Waals surface area contributed by atoms with Gasteiger partial charge in [-0.3, -0.25) is 19.8 Å². The van der Waals surface area contributed by atoms with Crippen LogP contribution in [0.4, 0.5) is 5.69 Å². The maximum Gasteiger partial charge on any atom is 0.328 e. The summed E-state index contributed by atoms with van der Waals surface area (Å²) < 4.78 is 16.9. The normalized spacial score (nSPS) is 10.6. The first kappa shape index (κ1) is 27.3. The molecule has 4 aromatic rings. The Morgan fingerprint density at radius 2 is 1.56 bits per heavy atom. The zero-order valence-corrected chi connectivity index (χ0v) is 22.3. The lowest BCUT2D eigenvalue weighted by Crippen LogP contribution is -2.40. The van der Waals surface area contributed by atoms with Crippen LogP contribution in [0.2, 0.25) is 5.02 Å². The molecule has 1 aromatic heterocycles. The van der Waals surface area contributed by atoms with Gasteiger partial charge in [0.2, 0.25) is 0 Å². The minimum atomic E-state index is -0.937. The summed E-state index contributed by atoms with van der Waals surface area (Å²) >= 11 is 6.13. The molecule has 0 atom stereocenters. The van der Waals surface area contributed by atoms with Crippen molar-refractivity contribution >= 4 is 45.9 Å². The Morgan fingerprint density at radius 1 is 0.821 bits per heavy atom. The third-order valence-electron chi connectivity index (χ3n) is 5.91. The number of aromatic nitrogens is 1. The van der Waals surface area contributed by atoms with Crippen molar-refractivity contribution in [3.05, 3.63) is 83.0 Å². The highest BCUT2D eigenvalue weighted by atomic mass is 35.5. The van der Waals surface area contributed by atoms with Gasteiger partial charge in [-0.1, -0.05) is 17.7 Å². The summed E-state index contributed by atoms with van der Waals surface area (Å²) in [6.45, 7) is 0.203. The van der Waals surface area contributed by atoms with E-state index in [0.717, 1.165) is 5.56 Å². The van der Waals surface area contributed by atoms with Crippen LogP contribution in [0.1, 0.15) is 16.1 Å². The molecular weight excluding hydrogens is 524 g/mol.